The summed E-state index contributed by atoms with van der Waals surface area (Å²) in [6.07, 6.45) is 0. The van der Waals surface area contributed by atoms with Gasteiger partial charge in [0.05, 0.1) is 4.90 Å². The normalized spacial score (nSPS) is 15.5. The standard InChI is InChI=1S/C21H19FN6O2S/c22-17-8-6-16(7-9-17)21-24-23-19-10-11-20(25-28(19)21)26-12-14-27(15-13-26)31(29,30)18-4-2-1-3-5-18/h1-11H,12-15H2. The van der Waals surface area contributed by atoms with Crippen molar-refractivity contribution < 1.29 is 12.8 Å². The molecule has 0 spiro atoms. The lowest BCUT2D eigenvalue weighted by molar-refractivity contribution is 0.383. The minimum Gasteiger partial charge on any atom is -0.353 e. The van der Waals surface area contributed by atoms with E-state index in [2.05, 4.69) is 15.3 Å². The third-order valence-corrected chi connectivity index (χ3v) is 7.21. The van der Waals surface area contributed by atoms with Crippen molar-refractivity contribution >= 4 is 21.5 Å². The molecule has 1 fully saturated rings. The van der Waals surface area contributed by atoms with E-state index in [1.165, 1.54) is 16.4 Å². The Balaban J connectivity index is 1.38. The average molecular weight is 438 g/mol. The first kappa shape index (κ1) is 19.6. The number of hydrogen-bond acceptors (Lipinski definition) is 6. The number of halogens is 1. The number of fused-ring (bicyclic) bond motifs is 1. The molecule has 0 unspecified atom stereocenters. The van der Waals surface area contributed by atoms with E-state index in [0.29, 0.717) is 53.9 Å². The van der Waals surface area contributed by atoms with Crippen molar-refractivity contribution in [2.75, 3.05) is 31.1 Å². The van der Waals surface area contributed by atoms with Crippen LogP contribution < -0.4 is 4.90 Å². The van der Waals surface area contributed by atoms with Gasteiger partial charge >= 0.3 is 0 Å². The highest BCUT2D eigenvalue weighted by Gasteiger charge is 2.29. The van der Waals surface area contributed by atoms with Crippen LogP contribution in [0.2, 0.25) is 0 Å². The Bertz CT molecular complexity index is 1320. The van der Waals surface area contributed by atoms with Crippen molar-refractivity contribution in [1.29, 1.82) is 0 Å². The van der Waals surface area contributed by atoms with E-state index in [1.807, 2.05) is 17.0 Å². The predicted molar refractivity (Wildman–Crippen MR) is 114 cm³/mol. The fraction of sp³-hybridized carbons (Fsp3) is 0.190. The molecule has 0 bridgehead atoms. The summed E-state index contributed by atoms with van der Waals surface area (Å²) in [6, 6.07) is 18.1. The molecule has 0 N–H and O–H groups in total. The Morgan fingerprint density at radius 2 is 1.52 bits per heavy atom. The van der Waals surface area contributed by atoms with Crippen molar-refractivity contribution in [3.8, 4) is 11.4 Å². The number of aromatic nitrogens is 4. The third-order valence-electron chi connectivity index (χ3n) is 5.29. The van der Waals surface area contributed by atoms with Gasteiger partial charge in [-0.1, -0.05) is 18.2 Å². The topological polar surface area (TPSA) is 83.7 Å². The van der Waals surface area contributed by atoms with Crippen LogP contribution in [-0.4, -0.2) is 58.7 Å². The average Bonchev–Trinajstić information content (AvgIpc) is 3.23. The summed E-state index contributed by atoms with van der Waals surface area (Å²) < 4.78 is 42.1. The Hall–Kier alpha value is -3.37. The van der Waals surface area contributed by atoms with Crippen molar-refractivity contribution in [2.24, 2.45) is 0 Å². The van der Waals surface area contributed by atoms with Crippen LogP contribution in [0.25, 0.3) is 17.0 Å². The van der Waals surface area contributed by atoms with Crippen molar-refractivity contribution in [2.45, 2.75) is 4.90 Å². The molecule has 5 rings (SSSR count). The zero-order valence-corrected chi connectivity index (χ0v) is 17.3. The molecule has 0 saturated carbocycles. The van der Waals surface area contributed by atoms with E-state index in [4.69, 9.17) is 0 Å². The first-order chi connectivity index (χ1) is 15.0. The van der Waals surface area contributed by atoms with Gasteiger partial charge in [0, 0.05) is 31.7 Å². The smallest absolute Gasteiger partial charge is 0.243 e. The molecule has 1 aliphatic heterocycles. The van der Waals surface area contributed by atoms with Gasteiger partial charge in [-0.15, -0.1) is 15.3 Å². The second-order valence-electron chi connectivity index (χ2n) is 7.20. The molecular weight excluding hydrogens is 419 g/mol. The van der Waals surface area contributed by atoms with Gasteiger partial charge in [-0.3, -0.25) is 0 Å². The first-order valence-electron chi connectivity index (χ1n) is 9.81. The van der Waals surface area contributed by atoms with Crippen molar-refractivity contribution in [3.05, 3.63) is 72.5 Å². The molecule has 0 atom stereocenters. The van der Waals surface area contributed by atoms with Gasteiger partial charge in [0.25, 0.3) is 0 Å². The highest BCUT2D eigenvalue weighted by atomic mass is 32.2. The van der Waals surface area contributed by atoms with Crippen molar-refractivity contribution in [3.63, 3.8) is 0 Å². The number of benzene rings is 2. The molecule has 1 aliphatic rings. The number of hydrogen-bond donors (Lipinski definition) is 0. The number of anilines is 1. The molecule has 8 nitrogen and oxygen atoms in total. The maximum atomic E-state index is 13.3. The highest BCUT2D eigenvalue weighted by molar-refractivity contribution is 7.89. The Morgan fingerprint density at radius 1 is 0.806 bits per heavy atom. The van der Waals surface area contributed by atoms with Crippen molar-refractivity contribution in [1.82, 2.24) is 24.1 Å². The van der Waals surface area contributed by atoms with Gasteiger partial charge in [0.2, 0.25) is 10.0 Å². The summed E-state index contributed by atoms with van der Waals surface area (Å²) in [7, 11) is -3.51. The molecule has 3 heterocycles. The second kappa shape index (κ2) is 7.71. The largest absolute Gasteiger partial charge is 0.353 e. The predicted octanol–water partition coefficient (Wildman–Crippen LogP) is 2.44. The zero-order valence-electron chi connectivity index (χ0n) is 16.5. The van der Waals surface area contributed by atoms with Gasteiger partial charge in [-0.05, 0) is 48.5 Å². The van der Waals surface area contributed by atoms with Crippen LogP contribution in [0.4, 0.5) is 10.2 Å². The summed E-state index contributed by atoms with van der Waals surface area (Å²) >= 11 is 0. The van der Waals surface area contributed by atoms with Crippen LogP contribution in [0, 0.1) is 5.82 Å². The molecular formula is C21H19FN6O2S. The fourth-order valence-electron chi connectivity index (χ4n) is 3.63. The van der Waals surface area contributed by atoms with Crippen LogP contribution in [-0.2, 0) is 10.0 Å². The fourth-order valence-corrected chi connectivity index (χ4v) is 5.07. The molecule has 10 heteroatoms. The summed E-state index contributed by atoms with van der Waals surface area (Å²) in [4.78, 5) is 2.33. The Labute approximate surface area is 178 Å². The lowest BCUT2D eigenvalue weighted by Gasteiger charge is -2.34. The quantitative estimate of drug-likeness (QED) is 0.487. The molecule has 2 aromatic carbocycles. The monoisotopic (exact) mass is 438 g/mol. The van der Waals surface area contributed by atoms with Crippen LogP contribution in [0.3, 0.4) is 0 Å². The number of sulfonamides is 1. The lowest BCUT2D eigenvalue weighted by atomic mass is 10.2. The molecule has 158 valence electrons. The summed E-state index contributed by atoms with van der Waals surface area (Å²) in [5.41, 5.74) is 1.28. The SMILES string of the molecule is O=S(=O)(c1ccccc1)N1CCN(c2ccc3nnc(-c4ccc(F)cc4)n3n2)CC1. The molecule has 1 saturated heterocycles. The molecule has 4 aromatic rings. The second-order valence-corrected chi connectivity index (χ2v) is 9.13. The summed E-state index contributed by atoms with van der Waals surface area (Å²) in [6.45, 7) is 1.76. The maximum Gasteiger partial charge on any atom is 0.243 e. The molecule has 0 amide bonds. The van der Waals surface area contributed by atoms with E-state index in [-0.39, 0.29) is 5.82 Å². The van der Waals surface area contributed by atoms with E-state index >= 15 is 0 Å². The maximum absolute atomic E-state index is 13.3. The Morgan fingerprint density at radius 3 is 2.23 bits per heavy atom. The molecule has 0 radical (unpaired) electrons. The number of piperazine rings is 1. The van der Waals surface area contributed by atoms with Gasteiger partial charge in [0.1, 0.15) is 11.6 Å². The van der Waals surface area contributed by atoms with Gasteiger partial charge in [0.15, 0.2) is 11.5 Å². The lowest BCUT2D eigenvalue weighted by Crippen LogP contribution is -2.49. The third kappa shape index (κ3) is 3.64. The summed E-state index contributed by atoms with van der Waals surface area (Å²) in [5.74, 6) is 0.893. The zero-order chi connectivity index (χ0) is 21.4. The highest BCUT2D eigenvalue weighted by Crippen LogP contribution is 2.22. The van der Waals surface area contributed by atoms with E-state index in [0.717, 1.165) is 0 Å². The first-order valence-corrected chi connectivity index (χ1v) is 11.2. The van der Waals surface area contributed by atoms with Crippen LogP contribution in [0.1, 0.15) is 0 Å². The summed E-state index contributed by atoms with van der Waals surface area (Å²) in [5, 5.41) is 13.0. The molecule has 2 aromatic heterocycles. The Kier molecular flexibility index (Phi) is 4.87. The van der Waals surface area contributed by atoms with E-state index in [1.54, 1.807) is 47.0 Å². The van der Waals surface area contributed by atoms with Crippen LogP contribution in [0.5, 0.6) is 0 Å². The van der Waals surface area contributed by atoms with Gasteiger partial charge in [-0.2, -0.15) is 8.82 Å². The number of nitrogens with zero attached hydrogens (tertiary/aromatic N) is 6. The van der Waals surface area contributed by atoms with E-state index in [9.17, 15) is 12.8 Å². The molecule has 0 aliphatic carbocycles. The van der Waals surface area contributed by atoms with Crippen LogP contribution in [0.15, 0.2) is 71.6 Å². The van der Waals surface area contributed by atoms with Crippen LogP contribution >= 0.6 is 0 Å². The number of rotatable bonds is 4. The minimum absolute atomic E-state index is 0.302. The minimum atomic E-state index is -3.51. The molecule has 31 heavy (non-hydrogen) atoms. The van der Waals surface area contributed by atoms with Gasteiger partial charge in [-0.25, -0.2) is 12.8 Å². The van der Waals surface area contributed by atoms with E-state index < -0.39 is 10.0 Å². The van der Waals surface area contributed by atoms with Gasteiger partial charge < -0.3 is 4.90 Å².